The van der Waals surface area contributed by atoms with Gasteiger partial charge in [0, 0.05) is 18.7 Å². The normalized spacial score (nSPS) is 10.3. The Hall–Kier alpha value is -2.29. The Bertz CT molecular complexity index is 595. The summed E-state index contributed by atoms with van der Waals surface area (Å²) in [5.74, 6) is 1.52. The van der Waals surface area contributed by atoms with Gasteiger partial charge in [0.1, 0.15) is 11.5 Å². The van der Waals surface area contributed by atoms with Gasteiger partial charge in [0.05, 0.1) is 0 Å². The van der Waals surface area contributed by atoms with Crippen LogP contribution in [0.15, 0.2) is 54.6 Å². The van der Waals surface area contributed by atoms with E-state index in [-0.39, 0.29) is 5.91 Å². The van der Waals surface area contributed by atoms with E-state index in [2.05, 4.69) is 6.92 Å². The number of nitrogens with zero attached hydrogens (tertiary/aromatic N) is 1. The molecule has 2 rings (SSSR count). The van der Waals surface area contributed by atoms with Crippen molar-refractivity contribution in [2.75, 3.05) is 13.1 Å². The first-order valence-corrected chi connectivity index (χ1v) is 7.86. The van der Waals surface area contributed by atoms with Crippen molar-refractivity contribution in [3.05, 3.63) is 60.2 Å². The summed E-state index contributed by atoms with van der Waals surface area (Å²) in [5, 5.41) is 0. The number of para-hydroxylation sites is 1. The van der Waals surface area contributed by atoms with E-state index in [4.69, 9.17) is 4.74 Å². The second-order valence-corrected chi connectivity index (χ2v) is 5.18. The molecule has 3 nitrogen and oxygen atoms in total. The third-order valence-electron chi connectivity index (χ3n) is 3.51. The lowest BCUT2D eigenvalue weighted by Crippen LogP contribution is -2.31. The van der Waals surface area contributed by atoms with E-state index in [0.29, 0.717) is 11.3 Å². The molecule has 0 unspecified atom stereocenters. The van der Waals surface area contributed by atoms with Crippen LogP contribution in [0, 0.1) is 0 Å². The van der Waals surface area contributed by atoms with E-state index in [1.54, 1.807) is 0 Å². The second kappa shape index (κ2) is 8.23. The van der Waals surface area contributed by atoms with Crippen LogP contribution in [-0.4, -0.2) is 23.9 Å². The summed E-state index contributed by atoms with van der Waals surface area (Å²) in [6.45, 7) is 5.67. The quantitative estimate of drug-likeness (QED) is 0.738. The van der Waals surface area contributed by atoms with Crippen LogP contribution in [0.4, 0.5) is 0 Å². The summed E-state index contributed by atoms with van der Waals surface area (Å²) in [7, 11) is 0. The van der Waals surface area contributed by atoms with Crippen molar-refractivity contribution in [3.63, 3.8) is 0 Å². The van der Waals surface area contributed by atoms with Crippen LogP contribution in [0.25, 0.3) is 0 Å². The summed E-state index contributed by atoms with van der Waals surface area (Å²) in [6.07, 6.45) is 2.11. The lowest BCUT2D eigenvalue weighted by atomic mass is 10.1. The van der Waals surface area contributed by atoms with E-state index in [1.165, 1.54) is 0 Å². The SMILES string of the molecule is CCCCN(CC)C(=O)c1cccc(Oc2ccccc2)c1. The number of amides is 1. The van der Waals surface area contributed by atoms with Crippen molar-refractivity contribution in [1.29, 1.82) is 0 Å². The zero-order chi connectivity index (χ0) is 15.8. The third kappa shape index (κ3) is 4.35. The largest absolute Gasteiger partial charge is 0.457 e. The molecule has 0 atom stereocenters. The van der Waals surface area contributed by atoms with Gasteiger partial charge < -0.3 is 9.64 Å². The van der Waals surface area contributed by atoms with Gasteiger partial charge in [0.15, 0.2) is 0 Å². The zero-order valence-electron chi connectivity index (χ0n) is 13.3. The number of carbonyl (C=O) groups excluding carboxylic acids is 1. The molecule has 0 aliphatic rings. The van der Waals surface area contributed by atoms with Gasteiger partial charge in [-0.25, -0.2) is 0 Å². The Morgan fingerprint density at radius 2 is 1.73 bits per heavy atom. The van der Waals surface area contributed by atoms with Crippen LogP contribution < -0.4 is 4.74 Å². The minimum atomic E-state index is 0.0643. The topological polar surface area (TPSA) is 29.5 Å². The van der Waals surface area contributed by atoms with Crippen molar-refractivity contribution >= 4 is 5.91 Å². The maximum absolute atomic E-state index is 12.6. The molecule has 0 saturated heterocycles. The Balaban J connectivity index is 2.11. The molecule has 2 aromatic rings. The molecule has 3 heteroatoms. The predicted molar refractivity (Wildman–Crippen MR) is 89.4 cm³/mol. The molecule has 0 aliphatic heterocycles. The Morgan fingerprint density at radius 1 is 1.00 bits per heavy atom. The minimum Gasteiger partial charge on any atom is -0.457 e. The molecule has 0 heterocycles. The van der Waals surface area contributed by atoms with E-state index in [1.807, 2.05) is 66.4 Å². The van der Waals surface area contributed by atoms with Crippen LogP contribution in [0.1, 0.15) is 37.0 Å². The molecule has 0 aromatic heterocycles. The van der Waals surface area contributed by atoms with E-state index < -0.39 is 0 Å². The highest BCUT2D eigenvalue weighted by atomic mass is 16.5. The molecule has 22 heavy (non-hydrogen) atoms. The number of benzene rings is 2. The van der Waals surface area contributed by atoms with Crippen LogP contribution in [-0.2, 0) is 0 Å². The summed E-state index contributed by atoms with van der Waals surface area (Å²) in [6, 6.07) is 17.0. The first-order chi connectivity index (χ1) is 10.7. The lowest BCUT2D eigenvalue weighted by Gasteiger charge is -2.21. The predicted octanol–water partition coefficient (Wildman–Crippen LogP) is 4.74. The van der Waals surface area contributed by atoms with Crippen LogP contribution >= 0.6 is 0 Å². The number of ether oxygens (including phenoxy) is 1. The van der Waals surface area contributed by atoms with Gasteiger partial charge in [-0.05, 0) is 43.7 Å². The highest BCUT2D eigenvalue weighted by Crippen LogP contribution is 2.22. The molecule has 0 saturated carbocycles. The Morgan fingerprint density at radius 3 is 2.41 bits per heavy atom. The Kier molecular flexibility index (Phi) is 6.01. The maximum Gasteiger partial charge on any atom is 0.253 e. The zero-order valence-corrected chi connectivity index (χ0v) is 13.3. The summed E-state index contributed by atoms with van der Waals surface area (Å²) < 4.78 is 5.79. The molecule has 2 aromatic carbocycles. The number of hydrogen-bond acceptors (Lipinski definition) is 2. The molecule has 0 spiro atoms. The average molecular weight is 297 g/mol. The summed E-state index contributed by atoms with van der Waals surface area (Å²) >= 11 is 0. The van der Waals surface area contributed by atoms with E-state index in [9.17, 15) is 4.79 Å². The van der Waals surface area contributed by atoms with Crippen LogP contribution in [0.5, 0.6) is 11.5 Å². The van der Waals surface area contributed by atoms with Crippen LogP contribution in [0.3, 0.4) is 0 Å². The van der Waals surface area contributed by atoms with Crippen molar-refractivity contribution < 1.29 is 9.53 Å². The van der Waals surface area contributed by atoms with Crippen molar-refractivity contribution in [1.82, 2.24) is 4.90 Å². The number of hydrogen-bond donors (Lipinski definition) is 0. The fourth-order valence-electron chi connectivity index (χ4n) is 2.25. The highest BCUT2D eigenvalue weighted by molar-refractivity contribution is 5.94. The third-order valence-corrected chi connectivity index (χ3v) is 3.51. The van der Waals surface area contributed by atoms with Gasteiger partial charge in [-0.2, -0.15) is 0 Å². The van der Waals surface area contributed by atoms with Gasteiger partial charge in [-0.3, -0.25) is 4.79 Å². The van der Waals surface area contributed by atoms with Crippen molar-refractivity contribution in [2.24, 2.45) is 0 Å². The summed E-state index contributed by atoms with van der Waals surface area (Å²) in [4.78, 5) is 14.4. The van der Waals surface area contributed by atoms with Gasteiger partial charge in [0.2, 0.25) is 0 Å². The van der Waals surface area contributed by atoms with Gasteiger partial charge in [0.25, 0.3) is 5.91 Å². The molecule has 1 amide bonds. The molecule has 116 valence electrons. The maximum atomic E-state index is 12.6. The number of carbonyl (C=O) groups is 1. The van der Waals surface area contributed by atoms with Gasteiger partial charge in [-0.15, -0.1) is 0 Å². The molecule has 0 aliphatic carbocycles. The molecular formula is C19H23NO2. The molecule has 0 bridgehead atoms. The van der Waals surface area contributed by atoms with Gasteiger partial charge in [-0.1, -0.05) is 37.6 Å². The first kappa shape index (κ1) is 16.1. The minimum absolute atomic E-state index is 0.0643. The molecule has 0 N–H and O–H groups in total. The van der Waals surface area contributed by atoms with E-state index in [0.717, 1.165) is 31.7 Å². The fraction of sp³-hybridized carbons (Fsp3) is 0.316. The smallest absolute Gasteiger partial charge is 0.253 e. The number of unbranched alkanes of at least 4 members (excludes halogenated alkanes) is 1. The van der Waals surface area contributed by atoms with Gasteiger partial charge >= 0.3 is 0 Å². The molecule has 0 radical (unpaired) electrons. The molecular weight excluding hydrogens is 274 g/mol. The van der Waals surface area contributed by atoms with Crippen molar-refractivity contribution in [2.45, 2.75) is 26.7 Å². The average Bonchev–Trinajstić information content (AvgIpc) is 2.56. The first-order valence-electron chi connectivity index (χ1n) is 7.86. The standard InChI is InChI=1S/C19H23NO2/c1-3-5-14-20(4-2)19(21)16-10-9-13-18(15-16)22-17-11-7-6-8-12-17/h6-13,15H,3-5,14H2,1-2H3. The molecule has 0 fully saturated rings. The summed E-state index contributed by atoms with van der Waals surface area (Å²) in [5.41, 5.74) is 0.673. The lowest BCUT2D eigenvalue weighted by molar-refractivity contribution is 0.0762. The number of rotatable bonds is 7. The fourth-order valence-corrected chi connectivity index (χ4v) is 2.25. The second-order valence-electron chi connectivity index (χ2n) is 5.18. The highest BCUT2D eigenvalue weighted by Gasteiger charge is 2.14. The van der Waals surface area contributed by atoms with Crippen molar-refractivity contribution in [3.8, 4) is 11.5 Å². The van der Waals surface area contributed by atoms with Crippen LogP contribution in [0.2, 0.25) is 0 Å². The monoisotopic (exact) mass is 297 g/mol. The Labute approximate surface area is 132 Å². The van der Waals surface area contributed by atoms with E-state index >= 15 is 0 Å².